The SMILES string of the molecule is CCOC(=O)c1nn(-c2ccc(C)cc2)c(-c2ccco2)c1C#N. The van der Waals surface area contributed by atoms with E-state index in [0.717, 1.165) is 11.3 Å². The van der Waals surface area contributed by atoms with E-state index in [4.69, 9.17) is 9.15 Å². The molecule has 2 heterocycles. The van der Waals surface area contributed by atoms with E-state index in [-0.39, 0.29) is 17.9 Å². The van der Waals surface area contributed by atoms with E-state index in [9.17, 15) is 10.1 Å². The van der Waals surface area contributed by atoms with Gasteiger partial charge >= 0.3 is 5.97 Å². The lowest BCUT2D eigenvalue weighted by Crippen LogP contribution is -2.08. The number of benzene rings is 1. The van der Waals surface area contributed by atoms with Crippen LogP contribution in [0.5, 0.6) is 0 Å². The van der Waals surface area contributed by atoms with Gasteiger partial charge in [0.1, 0.15) is 17.3 Å². The summed E-state index contributed by atoms with van der Waals surface area (Å²) in [5.74, 6) is -0.178. The molecule has 0 spiro atoms. The van der Waals surface area contributed by atoms with E-state index in [1.807, 2.05) is 37.3 Å². The minimum atomic E-state index is -0.632. The lowest BCUT2D eigenvalue weighted by Gasteiger charge is -2.06. The molecule has 2 aromatic heterocycles. The van der Waals surface area contributed by atoms with Gasteiger partial charge in [0, 0.05) is 0 Å². The Hall–Kier alpha value is -3.33. The normalized spacial score (nSPS) is 10.4. The summed E-state index contributed by atoms with van der Waals surface area (Å²) >= 11 is 0. The molecule has 0 atom stereocenters. The highest BCUT2D eigenvalue weighted by atomic mass is 16.5. The van der Waals surface area contributed by atoms with Crippen LogP contribution < -0.4 is 0 Å². The lowest BCUT2D eigenvalue weighted by atomic mass is 10.1. The van der Waals surface area contributed by atoms with E-state index < -0.39 is 5.97 Å². The van der Waals surface area contributed by atoms with Crippen LogP contribution in [0.1, 0.15) is 28.5 Å². The highest BCUT2D eigenvalue weighted by molar-refractivity contribution is 5.92. The second-order valence-corrected chi connectivity index (χ2v) is 5.13. The maximum atomic E-state index is 12.2. The first-order valence-electron chi connectivity index (χ1n) is 7.46. The predicted octanol–water partition coefficient (Wildman–Crippen LogP) is 3.49. The highest BCUT2D eigenvalue weighted by Crippen LogP contribution is 2.29. The first kappa shape index (κ1) is 15.6. The second-order valence-electron chi connectivity index (χ2n) is 5.13. The number of hydrogen-bond donors (Lipinski definition) is 0. The van der Waals surface area contributed by atoms with Gasteiger partial charge in [-0.1, -0.05) is 17.7 Å². The van der Waals surface area contributed by atoms with Gasteiger partial charge in [0.05, 0.1) is 18.6 Å². The molecule has 0 unspecified atom stereocenters. The third-order valence-electron chi connectivity index (χ3n) is 3.50. The van der Waals surface area contributed by atoms with Crippen LogP contribution in [0.15, 0.2) is 47.1 Å². The molecule has 0 bridgehead atoms. The van der Waals surface area contributed by atoms with Crippen molar-refractivity contribution >= 4 is 5.97 Å². The number of esters is 1. The number of nitrogens with zero attached hydrogens (tertiary/aromatic N) is 3. The third-order valence-corrected chi connectivity index (χ3v) is 3.50. The largest absolute Gasteiger partial charge is 0.463 e. The van der Waals surface area contributed by atoms with Crippen LogP contribution in [-0.4, -0.2) is 22.4 Å². The fourth-order valence-electron chi connectivity index (χ4n) is 2.38. The van der Waals surface area contributed by atoms with Gasteiger partial charge in [0.2, 0.25) is 0 Å². The summed E-state index contributed by atoms with van der Waals surface area (Å²) in [4.78, 5) is 12.2. The van der Waals surface area contributed by atoms with Crippen LogP contribution in [0.3, 0.4) is 0 Å². The zero-order valence-electron chi connectivity index (χ0n) is 13.3. The third kappa shape index (κ3) is 2.68. The summed E-state index contributed by atoms with van der Waals surface area (Å²) < 4.78 is 12.0. The van der Waals surface area contributed by atoms with E-state index in [1.54, 1.807) is 19.1 Å². The maximum absolute atomic E-state index is 12.2. The minimum absolute atomic E-state index is 0.0219. The van der Waals surface area contributed by atoms with Gasteiger partial charge in [-0.25, -0.2) is 9.48 Å². The summed E-state index contributed by atoms with van der Waals surface area (Å²) in [6.45, 7) is 3.89. The molecule has 3 rings (SSSR count). The quantitative estimate of drug-likeness (QED) is 0.687. The van der Waals surface area contributed by atoms with Crippen LogP contribution in [-0.2, 0) is 4.74 Å². The number of furan rings is 1. The van der Waals surface area contributed by atoms with Gasteiger partial charge in [-0.3, -0.25) is 0 Å². The molecule has 0 radical (unpaired) electrons. The molecule has 3 aromatic rings. The van der Waals surface area contributed by atoms with Crippen molar-refractivity contribution < 1.29 is 13.9 Å². The van der Waals surface area contributed by atoms with Crippen LogP contribution in [0.25, 0.3) is 17.1 Å². The van der Waals surface area contributed by atoms with Crippen molar-refractivity contribution in [3.05, 3.63) is 59.5 Å². The standard InChI is InChI=1S/C18H15N3O3/c1-3-23-18(22)16-14(11-19)17(15-5-4-10-24-15)21(20-16)13-8-6-12(2)7-9-13/h4-10H,3H2,1-2H3. The van der Waals surface area contributed by atoms with Crippen molar-refractivity contribution in [2.24, 2.45) is 0 Å². The fourth-order valence-corrected chi connectivity index (χ4v) is 2.38. The first-order valence-corrected chi connectivity index (χ1v) is 7.46. The molecular formula is C18H15N3O3. The number of ether oxygens (including phenoxy) is 1. The van der Waals surface area contributed by atoms with Gasteiger partial charge in [-0.05, 0) is 38.1 Å². The Bertz CT molecular complexity index is 900. The summed E-state index contributed by atoms with van der Waals surface area (Å²) in [5, 5.41) is 13.9. The van der Waals surface area contributed by atoms with E-state index >= 15 is 0 Å². The number of hydrogen-bond acceptors (Lipinski definition) is 5. The van der Waals surface area contributed by atoms with Crippen molar-refractivity contribution in [3.8, 4) is 23.2 Å². The molecule has 0 amide bonds. The topological polar surface area (TPSA) is 81.0 Å². The lowest BCUT2D eigenvalue weighted by molar-refractivity contribution is 0.0518. The Balaban J connectivity index is 2.26. The van der Waals surface area contributed by atoms with Crippen LogP contribution >= 0.6 is 0 Å². The number of aryl methyl sites for hydroxylation is 1. The number of carbonyl (C=O) groups excluding carboxylic acids is 1. The molecule has 0 aliphatic rings. The van der Waals surface area contributed by atoms with E-state index in [1.165, 1.54) is 10.9 Å². The summed E-state index contributed by atoms with van der Waals surface area (Å²) in [5.41, 5.74) is 2.35. The van der Waals surface area contributed by atoms with E-state index in [0.29, 0.717) is 11.5 Å². The zero-order chi connectivity index (χ0) is 17.1. The number of rotatable bonds is 4. The summed E-state index contributed by atoms with van der Waals surface area (Å²) in [6, 6.07) is 13.1. The minimum Gasteiger partial charge on any atom is -0.463 e. The van der Waals surface area contributed by atoms with Crippen molar-refractivity contribution in [2.75, 3.05) is 6.61 Å². The Morgan fingerprint density at radius 1 is 1.33 bits per heavy atom. The van der Waals surface area contributed by atoms with Gasteiger partial charge in [-0.15, -0.1) is 0 Å². The van der Waals surface area contributed by atoms with E-state index in [2.05, 4.69) is 5.10 Å². The zero-order valence-corrected chi connectivity index (χ0v) is 13.3. The molecule has 6 heteroatoms. The second kappa shape index (κ2) is 6.42. The summed E-state index contributed by atoms with van der Waals surface area (Å²) in [7, 11) is 0. The number of nitriles is 1. The average Bonchev–Trinajstić information content (AvgIpc) is 3.22. The Morgan fingerprint density at radius 3 is 2.67 bits per heavy atom. The Morgan fingerprint density at radius 2 is 2.08 bits per heavy atom. The van der Waals surface area contributed by atoms with Gasteiger partial charge in [0.15, 0.2) is 11.5 Å². The molecule has 1 aromatic carbocycles. The predicted molar refractivity (Wildman–Crippen MR) is 86.7 cm³/mol. The molecule has 24 heavy (non-hydrogen) atoms. The first-order chi connectivity index (χ1) is 11.7. The van der Waals surface area contributed by atoms with Crippen molar-refractivity contribution in [3.63, 3.8) is 0 Å². The number of carbonyl (C=O) groups is 1. The Kier molecular flexibility index (Phi) is 4.17. The molecule has 0 fully saturated rings. The van der Waals surface area contributed by atoms with Crippen LogP contribution in [0, 0.1) is 18.3 Å². The molecule has 120 valence electrons. The van der Waals surface area contributed by atoms with Gasteiger partial charge in [-0.2, -0.15) is 10.4 Å². The summed E-state index contributed by atoms with van der Waals surface area (Å²) in [6.07, 6.45) is 1.51. The fraction of sp³-hybridized carbons (Fsp3) is 0.167. The van der Waals surface area contributed by atoms with Gasteiger partial charge < -0.3 is 9.15 Å². The highest BCUT2D eigenvalue weighted by Gasteiger charge is 2.27. The van der Waals surface area contributed by atoms with Crippen molar-refractivity contribution in [1.82, 2.24) is 9.78 Å². The average molecular weight is 321 g/mol. The Labute approximate surface area is 138 Å². The maximum Gasteiger partial charge on any atom is 0.360 e. The molecule has 0 saturated heterocycles. The molecule has 0 aliphatic carbocycles. The molecular weight excluding hydrogens is 306 g/mol. The van der Waals surface area contributed by atoms with Gasteiger partial charge in [0.25, 0.3) is 0 Å². The molecule has 0 N–H and O–H groups in total. The monoisotopic (exact) mass is 321 g/mol. The van der Waals surface area contributed by atoms with Crippen molar-refractivity contribution in [2.45, 2.75) is 13.8 Å². The molecule has 6 nitrogen and oxygen atoms in total. The van der Waals surface area contributed by atoms with Crippen LogP contribution in [0.4, 0.5) is 0 Å². The molecule has 0 aliphatic heterocycles. The van der Waals surface area contributed by atoms with Crippen LogP contribution in [0.2, 0.25) is 0 Å². The number of aromatic nitrogens is 2. The van der Waals surface area contributed by atoms with Crippen molar-refractivity contribution in [1.29, 1.82) is 5.26 Å². The smallest absolute Gasteiger partial charge is 0.360 e. The molecule has 0 saturated carbocycles.